The van der Waals surface area contributed by atoms with Crippen molar-refractivity contribution in [2.75, 3.05) is 0 Å². The molecule has 0 bridgehead atoms. The Morgan fingerprint density at radius 2 is 2.10 bits per heavy atom. The third kappa shape index (κ3) is 1.30. The van der Waals surface area contributed by atoms with E-state index < -0.39 is 0 Å². The van der Waals surface area contributed by atoms with Gasteiger partial charge in [-0.1, -0.05) is 0 Å². The first kappa shape index (κ1) is 7.15. The normalized spacial score (nSPS) is 9.90. The monoisotopic (exact) mass is 137 g/mol. The molecule has 0 fully saturated rings. The van der Waals surface area contributed by atoms with Crippen LogP contribution in [0, 0.1) is 13.8 Å². The van der Waals surface area contributed by atoms with E-state index in [0.29, 0.717) is 6.54 Å². The molecule has 3 nitrogen and oxygen atoms in total. The Morgan fingerprint density at radius 1 is 1.40 bits per heavy atom. The summed E-state index contributed by atoms with van der Waals surface area (Å²) in [6, 6.07) is 0. The fourth-order valence-corrected chi connectivity index (χ4v) is 0.688. The molecular weight excluding hydrogens is 126 g/mol. The van der Waals surface area contributed by atoms with Crippen molar-refractivity contribution in [3.05, 3.63) is 23.3 Å². The SMILES string of the molecule is Cc1ncc(CN)nc1C. The molecule has 0 aliphatic carbocycles. The summed E-state index contributed by atoms with van der Waals surface area (Å²) in [6.07, 6.45) is 1.71. The molecule has 2 N–H and O–H groups in total. The van der Waals surface area contributed by atoms with Gasteiger partial charge in [-0.3, -0.25) is 9.97 Å². The molecular formula is C7H11N3. The van der Waals surface area contributed by atoms with Crippen molar-refractivity contribution in [1.29, 1.82) is 0 Å². The highest BCUT2D eigenvalue weighted by molar-refractivity contribution is 5.10. The molecule has 0 aromatic carbocycles. The number of nitrogens with two attached hydrogens (primary N) is 1. The van der Waals surface area contributed by atoms with E-state index in [1.54, 1.807) is 6.20 Å². The van der Waals surface area contributed by atoms with Gasteiger partial charge < -0.3 is 5.73 Å². The molecule has 1 aromatic rings. The molecule has 0 saturated carbocycles. The van der Waals surface area contributed by atoms with E-state index in [0.717, 1.165) is 17.1 Å². The highest BCUT2D eigenvalue weighted by atomic mass is 14.8. The highest BCUT2D eigenvalue weighted by Gasteiger charge is 1.95. The Bertz CT molecular complexity index is 232. The van der Waals surface area contributed by atoms with E-state index in [4.69, 9.17) is 5.73 Å². The molecule has 0 aliphatic rings. The zero-order chi connectivity index (χ0) is 7.56. The lowest BCUT2D eigenvalue weighted by Crippen LogP contribution is -2.02. The fourth-order valence-electron chi connectivity index (χ4n) is 0.688. The minimum atomic E-state index is 0.466. The van der Waals surface area contributed by atoms with Gasteiger partial charge in [0.1, 0.15) is 0 Å². The second kappa shape index (κ2) is 2.75. The van der Waals surface area contributed by atoms with Gasteiger partial charge in [0.15, 0.2) is 0 Å². The van der Waals surface area contributed by atoms with E-state index in [1.807, 2.05) is 13.8 Å². The van der Waals surface area contributed by atoms with Gasteiger partial charge in [0, 0.05) is 6.54 Å². The predicted molar refractivity (Wildman–Crippen MR) is 39.4 cm³/mol. The van der Waals surface area contributed by atoms with Crippen LogP contribution in [0.3, 0.4) is 0 Å². The average Bonchev–Trinajstić information content (AvgIpc) is 1.95. The first-order valence-electron chi connectivity index (χ1n) is 3.23. The van der Waals surface area contributed by atoms with Crippen molar-refractivity contribution in [3.8, 4) is 0 Å². The average molecular weight is 137 g/mol. The summed E-state index contributed by atoms with van der Waals surface area (Å²) >= 11 is 0. The highest BCUT2D eigenvalue weighted by Crippen LogP contribution is 1.99. The summed E-state index contributed by atoms with van der Waals surface area (Å²) in [5.74, 6) is 0. The second-order valence-electron chi connectivity index (χ2n) is 2.24. The van der Waals surface area contributed by atoms with E-state index >= 15 is 0 Å². The third-order valence-electron chi connectivity index (χ3n) is 1.45. The molecule has 0 atom stereocenters. The number of nitrogens with zero attached hydrogens (tertiary/aromatic N) is 2. The molecule has 54 valence electrons. The van der Waals surface area contributed by atoms with Gasteiger partial charge in [-0.05, 0) is 13.8 Å². The van der Waals surface area contributed by atoms with Crippen LogP contribution in [-0.2, 0) is 6.54 Å². The Balaban J connectivity index is 3.04. The molecule has 0 spiro atoms. The van der Waals surface area contributed by atoms with Crippen LogP contribution in [-0.4, -0.2) is 9.97 Å². The Labute approximate surface area is 60.3 Å². The quantitative estimate of drug-likeness (QED) is 0.615. The van der Waals surface area contributed by atoms with E-state index in [-0.39, 0.29) is 0 Å². The van der Waals surface area contributed by atoms with Crippen LogP contribution in [0.1, 0.15) is 17.1 Å². The molecule has 1 aromatic heterocycles. The van der Waals surface area contributed by atoms with E-state index in [2.05, 4.69) is 9.97 Å². The van der Waals surface area contributed by atoms with Crippen molar-refractivity contribution in [2.45, 2.75) is 20.4 Å². The van der Waals surface area contributed by atoms with Gasteiger partial charge in [-0.15, -0.1) is 0 Å². The third-order valence-corrected chi connectivity index (χ3v) is 1.45. The van der Waals surface area contributed by atoms with Gasteiger partial charge in [0.2, 0.25) is 0 Å². The molecule has 0 saturated heterocycles. The summed E-state index contributed by atoms with van der Waals surface area (Å²) in [7, 11) is 0. The number of hydrogen-bond acceptors (Lipinski definition) is 3. The summed E-state index contributed by atoms with van der Waals surface area (Å²) in [5.41, 5.74) is 8.15. The lowest BCUT2D eigenvalue weighted by molar-refractivity contribution is 0.918. The Kier molecular flexibility index (Phi) is 1.97. The van der Waals surface area contributed by atoms with E-state index in [9.17, 15) is 0 Å². The minimum absolute atomic E-state index is 0.466. The van der Waals surface area contributed by atoms with Gasteiger partial charge in [-0.25, -0.2) is 0 Å². The van der Waals surface area contributed by atoms with Crippen LogP contribution in [0.5, 0.6) is 0 Å². The van der Waals surface area contributed by atoms with Crippen LogP contribution in [0.4, 0.5) is 0 Å². The van der Waals surface area contributed by atoms with Crippen LogP contribution in [0.2, 0.25) is 0 Å². The summed E-state index contributed by atoms with van der Waals surface area (Å²) in [6.45, 7) is 4.33. The molecule has 0 unspecified atom stereocenters. The largest absolute Gasteiger partial charge is 0.325 e. The van der Waals surface area contributed by atoms with Crippen molar-refractivity contribution in [3.63, 3.8) is 0 Å². The smallest absolute Gasteiger partial charge is 0.0725 e. The van der Waals surface area contributed by atoms with Gasteiger partial charge in [-0.2, -0.15) is 0 Å². The maximum Gasteiger partial charge on any atom is 0.0725 e. The molecule has 1 rings (SSSR count). The maximum absolute atomic E-state index is 5.37. The number of hydrogen-bond donors (Lipinski definition) is 1. The molecule has 0 aliphatic heterocycles. The van der Waals surface area contributed by atoms with E-state index in [1.165, 1.54) is 0 Å². The van der Waals surface area contributed by atoms with Gasteiger partial charge >= 0.3 is 0 Å². The second-order valence-corrected chi connectivity index (χ2v) is 2.24. The van der Waals surface area contributed by atoms with Crippen LogP contribution in [0.15, 0.2) is 6.20 Å². The predicted octanol–water partition coefficient (Wildman–Crippen LogP) is 0.552. The Morgan fingerprint density at radius 3 is 2.60 bits per heavy atom. The number of aromatic nitrogens is 2. The van der Waals surface area contributed by atoms with Gasteiger partial charge in [0.05, 0.1) is 23.3 Å². The van der Waals surface area contributed by atoms with Crippen LogP contribution >= 0.6 is 0 Å². The Hall–Kier alpha value is -0.960. The first-order chi connectivity index (χ1) is 4.74. The minimum Gasteiger partial charge on any atom is -0.325 e. The maximum atomic E-state index is 5.37. The van der Waals surface area contributed by atoms with Gasteiger partial charge in [0.25, 0.3) is 0 Å². The molecule has 3 heteroatoms. The topological polar surface area (TPSA) is 51.8 Å². The first-order valence-corrected chi connectivity index (χ1v) is 3.23. The number of aryl methyl sites for hydroxylation is 2. The zero-order valence-corrected chi connectivity index (χ0v) is 6.26. The standard InChI is InChI=1S/C7H11N3/c1-5-6(2)10-7(3-8)4-9-5/h4H,3,8H2,1-2H3. The molecule has 10 heavy (non-hydrogen) atoms. The lowest BCUT2D eigenvalue weighted by Gasteiger charge is -1.99. The van der Waals surface area contributed by atoms with Crippen molar-refractivity contribution < 1.29 is 0 Å². The zero-order valence-electron chi connectivity index (χ0n) is 6.26. The van der Waals surface area contributed by atoms with Crippen molar-refractivity contribution in [2.24, 2.45) is 5.73 Å². The van der Waals surface area contributed by atoms with Crippen molar-refractivity contribution >= 4 is 0 Å². The summed E-state index contributed by atoms with van der Waals surface area (Å²) in [4.78, 5) is 8.31. The molecule has 0 radical (unpaired) electrons. The molecule has 1 heterocycles. The summed E-state index contributed by atoms with van der Waals surface area (Å²) < 4.78 is 0. The summed E-state index contributed by atoms with van der Waals surface area (Å²) in [5, 5.41) is 0. The molecule has 0 amide bonds. The fraction of sp³-hybridized carbons (Fsp3) is 0.429. The van der Waals surface area contributed by atoms with Crippen molar-refractivity contribution in [1.82, 2.24) is 9.97 Å². The van der Waals surface area contributed by atoms with Crippen LogP contribution in [0.25, 0.3) is 0 Å². The van der Waals surface area contributed by atoms with Crippen LogP contribution < -0.4 is 5.73 Å². The number of rotatable bonds is 1. The lowest BCUT2D eigenvalue weighted by atomic mass is 10.3.